The molecule has 106 valence electrons. The minimum absolute atomic E-state index is 0.0936. The van der Waals surface area contributed by atoms with Gasteiger partial charge in [-0.1, -0.05) is 6.92 Å². The van der Waals surface area contributed by atoms with Crippen molar-refractivity contribution in [1.82, 2.24) is 4.90 Å². The van der Waals surface area contributed by atoms with Crippen molar-refractivity contribution in [3.05, 3.63) is 29.8 Å². The molecule has 1 aromatic rings. The Bertz CT molecular complexity index is 518. The summed E-state index contributed by atoms with van der Waals surface area (Å²) < 4.78 is 0. The fourth-order valence-corrected chi connectivity index (χ4v) is 2.72. The molecule has 1 N–H and O–H groups in total. The maximum absolute atomic E-state index is 12.2. The molecule has 20 heavy (non-hydrogen) atoms. The SMILES string of the molecule is C[C@H]1C[C@H]1C(=O)Nc1ccc(C(=O)N2CCCC2)cc1. The molecule has 4 heteroatoms. The number of carbonyl (C=O) groups is 2. The molecule has 1 heterocycles. The topological polar surface area (TPSA) is 49.4 Å². The zero-order valence-electron chi connectivity index (χ0n) is 11.8. The van der Waals surface area contributed by atoms with E-state index >= 15 is 0 Å². The van der Waals surface area contributed by atoms with E-state index in [0.717, 1.165) is 38.0 Å². The second-order valence-electron chi connectivity index (χ2n) is 5.89. The van der Waals surface area contributed by atoms with Gasteiger partial charge in [0, 0.05) is 30.3 Å². The van der Waals surface area contributed by atoms with E-state index in [1.807, 2.05) is 17.0 Å². The molecule has 1 aliphatic heterocycles. The van der Waals surface area contributed by atoms with Gasteiger partial charge in [0.05, 0.1) is 0 Å². The molecule has 0 unspecified atom stereocenters. The minimum atomic E-state index is 0.0936. The summed E-state index contributed by atoms with van der Waals surface area (Å²) in [5.41, 5.74) is 1.47. The Labute approximate surface area is 119 Å². The van der Waals surface area contributed by atoms with Gasteiger partial charge in [-0.2, -0.15) is 0 Å². The van der Waals surface area contributed by atoms with E-state index in [1.165, 1.54) is 0 Å². The highest BCUT2D eigenvalue weighted by molar-refractivity contribution is 5.97. The number of rotatable bonds is 3. The molecular formula is C16H20N2O2. The highest BCUT2D eigenvalue weighted by Crippen LogP contribution is 2.38. The number of amides is 2. The van der Waals surface area contributed by atoms with E-state index in [4.69, 9.17) is 0 Å². The summed E-state index contributed by atoms with van der Waals surface area (Å²) in [5, 5.41) is 2.91. The van der Waals surface area contributed by atoms with Crippen LogP contribution in [0, 0.1) is 11.8 Å². The maximum Gasteiger partial charge on any atom is 0.253 e. The van der Waals surface area contributed by atoms with Crippen LogP contribution in [0.25, 0.3) is 0 Å². The number of hydrogen-bond acceptors (Lipinski definition) is 2. The quantitative estimate of drug-likeness (QED) is 0.919. The summed E-state index contributed by atoms with van der Waals surface area (Å²) in [4.78, 5) is 25.9. The molecule has 4 nitrogen and oxygen atoms in total. The van der Waals surface area contributed by atoms with Gasteiger partial charge in [-0.05, 0) is 49.4 Å². The van der Waals surface area contributed by atoms with Crippen LogP contribution in [-0.4, -0.2) is 29.8 Å². The lowest BCUT2D eigenvalue weighted by Crippen LogP contribution is -2.27. The smallest absolute Gasteiger partial charge is 0.253 e. The lowest BCUT2D eigenvalue weighted by atomic mass is 10.2. The first kappa shape index (κ1) is 13.2. The molecule has 0 aromatic heterocycles. The summed E-state index contributed by atoms with van der Waals surface area (Å²) in [6.07, 6.45) is 3.18. The molecule has 0 spiro atoms. The molecule has 1 aromatic carbocycles. The first-order valence-electron chi connectivity index (χ1n) is 7.35. The van der Waals surface area contributed by atoms with Crippen molar-refractivity contribution in [2.75, 3.05) is 18.4 Å². The van der Waals surface area contributed by atoms with E-state index in [1.54, 1.807) is 12.1 Å². The van der Waals surface area contributed by atoms with Crippen LogP contribution in [0.15, 0.2) is 24.3 Å². The second kappa shape index (κ2) is 5.27. The van der Waals surface area contributed by atoms with E-state index in [-0.39, 0.29) is 17.7 Å². The summed E-state index contributed by atoms with van der Waals surface area (Å²) in [7, 11) is 0. The van der Waals surface area contributed by atoms with Gasteiger partial charge in [-0.25, -0.2) is 0 Å². The normalized spacial score (nSPS) is 24.6. The Balaban J connectivity index is 1.62. The zero-order valence-corrected chi connectivity index (χ0v) is 11.8. The standard InChI is InChI=1S/C16H20N2O2/c1-11-10-14(11)15(19)17-13-6-4-12(5-7-13)16(20)18-8-2-3-9-18/h4-7,11,14H,2-3,8-10H2,1H3,(H,17,19)/t11-,14+/m0/s1. The van der Waals surface area contributed by atoms with Crippen LogP contribution >= 0.6 is 0 Å². The number of nitrogens with one attached hydrogen (secondary N) is 1. The van der Waals surface area contributed by atoms with Crippen LogP contribution in [-0.2, 0) is 4.79 Å². The number of likely N-dealkylation sites (tertiary alicyclic amines) is 1. The van der Waals surface area contributed by atoms with Gasteiger partial charge in [-0.3, -0.25) is 9.59 Å². The third-order valence-corrected chi connectivity index (χ3v) is 4.24. The van der Waals surface area contributed by atoms with Crippen LogP contribution in [0.3, 0.4) is 0 Å². The van der Waals surface area contributed by atoms with Gasteiger partial charge in [0.15, 0.2) is 0 Å². The second-order valence-corrected chi connectivity index (χ2v) is 5.89. The van der Waals surface area contributed by atoms with Gasteiger partial charge < -0.3 is 10.2 Å². The number of anilines is 1. The third-order valence-electron chi connectivity index (χ3n) is 4.24. The molecular weight excluding hydrogens is 252 g/mol. The van der Waals surface area contributed by atoms with Crippen LogP contribution in [0.5, 0.6) is 0 Å². The molecule has 0 radical (unpaired) electrons. The van der Waals surface area contributed by atoms with Crippen molar-refractivity contribution in [2.24, 2.45) is 11.8 Å². The van der Waals surface area contributed by atoms with Crippen LogP contribution in [0.2, 0.25) is 0 Å². The average molecular weight is 272 g/mol. The average Bonchev–Trinajstić information content (AvgIpc) is 2.97. The predicted octanol–water partition coefficient (Wildman–Crippen LogP) is 2.52. The lowest BCUT2D eigenvalue weighted by Gasteiger charge is -2.15. The van der Waals surface area contributed by atoms with E-state index in [2.05, 4.69) is 12.2 Å². The van der Waals surface area contributed by atoms with Crippen molar-refractivity contribution in [2.45, 2.75) is 26.2 Å². The van der Waals surface area contributed by atoms with Gasteiger partial charge in [0.2, 0.25) is 5.91 Å². The van der Waals surface area contributed by atoms with Gasteiger partial charge >= 0.3 is 0 Å². The molecule has 1 saturated carbocycles. The number of benzene rings is 1. The van der Waals surface area contributed by atoms with Crippen molar-refractivity contribution < 1.29 is 9.59 Å². The fourth-order valence-electron chi connectivity index (χ4n) is 2.72. The highest BCUT2D eigenvalue weighted by atomic mass is 16.2. The zero-order chi connectivity index (χ0) is 14.1. The Hall–Kier alpha value is -1.84. The molecule has 2 atom stereocenters. The molecule has 1 saturated heterocycles. The molecule has 2 amide bonds. The van der Waals surface area contributed by atoms with Crippen molar-refractivity contribution in [3.63, 3.8) is 0 Å². The van der Waals surface area contributed by atoms with E-state index in [0.29, 0.717) is 11.5 Å². The summed E-state index contributed by atoms with van der Waals surface area (Å²) in [5.74, 6) is 0.860. The van der Waals surface area contributed by atoms with Crippen molar-refractivity contribution in [1.29, 1.82) is 0 Å². The summed E-state index contributed by atoms with van der Waals surface area (Å²) >= 11 is 0. The Morgan fingerprint density at radius 3 is 2.30 bits per heavy atom. The third kappa shape index (κ3) is 2.69. The first-order valence-corrected chi connectivity index (χ1v) is 7.35. The number of carbonyl (C=O) groups excluding carboxylic acids is 2. The molecule has 1 aliphatic carbocycles. The van der Waals surface area contributed by atoms with E-state index < -0.39 is 0 Å². The lowest BCUT2D eigenvalue weighted by molar-refractivity contribution is -0.117. The number of nitrogens with zero attached hydrogens (tertiary/aromatic N) is 1. The Morgan fingerprint density at radius 2 is 1.75 bits per heavy atom. The van der Waals surface area contributed by atoms with Gasteiger partial charge in [-0.15, -0.1) is 0 Å². The first-order chi connectivity index (χ1) is 9.65. The van der Waals surface area contributed by atoms with Crippen LogP contribution < -0.4 is 5.32 Å². The minimum Gasteiger partial charge on any atom is -0.339 e. The van der Waals surface area contributed by atoms with Crippen LogP contribution in [0.4, 0.5) is 5.69 Å². The van der Waals surface area contributed by atoms with Gasteiger partial charge in [0.25, 0.3) is 5.91 Å². The molecule has 3 rings (SSSR count). The van der Waals surface area contributed by atoms with Crippen molar-refractivity contribution >= 4 is 17.5 Å². The molecule has 2 fully saturated rings. The van der Waals surface area contributed by atoms with E-state index in [9.17, 15) is 9.59 Å². The largest absolute Gasteiger partial charge is 0.339 e. The monoisotopic (exact) mass is 272 g/mol. The van der Waals surface area contributed by atoms with Gasteiger partial charge in [0.1, 0.15) is 0 Å². The summed E-state index contributed by atoms with van der Waals surface area (Å²) in [6, 6.07) is 7.22. The van der Waals surface area contributed by atoms with Crippen molar-refractivity contribution in [3.8, 4) is 0 Å². The Morgan fingerprint density at radius 1 is 1.15 bits per heavy atom. The van der Waals surface area contributed by atoms with Crippen LogP contribution in [0.1, 0.15) is 36.5 Å². The molecule has 0 bridgehead atoms. The number of hydrogen-bond donors (Lipinski definition) is 1. The Kier molecular flexibility index (Phi) is 3.47. The predicted molar refractivity (Wildman–Crippen MR) is 77.5 cm³/mol. The highest BCUT2D eigenvalue weighted by Gasteiger charge is 2.39. The fraction of sp³-hybridized carbons (Fsp3) is 0.500. The molecule has 2 aliphatic rings. The summed E-state index contributed by atoms with van der Waals surface area (Å²) in [6.45, 7) is 3.80. The maximum atomic E-state index is 12.2.